The van der Waals surface area contributed by atoms with Crippen molar-refractivity contribution in [2.24, 2.45) is 0 Å². The number of oxazole rings is 1. The van der Waals surface area contributed by atoms with E-state index in [4.69, 9.17) is 4.42 Å². The summed E-state index contributed by atoms with van der Waals surface area (Å²) in [4.78, 5) is 18.7. The molecule has 0 saturated carbocycles. The van der Waals surface area contributed by atoms with Crippen molar-refractivity contribution in [2.45, 2.75) is 38.3 Å². The van der Waals surface area contributed by atoms with Crippen LogP contribution in [0.25, 0.3) is 0 Å². The first-order chi connectivity index (χ1) is 12.5. The third-order valence-electron chi connectivity index (χ3n) is 4.76. The molecule has 1 aromatic carbocycles. The highest BCUT2D eigenvalue weighted by Crippen LogP contribution is 2.23. The van der Waals surface area contributed by atoms with Crippen LogP contribution in [-0.2, 0) is 6.54 Å². The number of likely N-dealkylation sites (tertiary alicyclic amines) is 1. The molecule has 2 heterocycles. The number of halogens is 1. The Balaban J connectivity index is 1.53. The molecule has 7 heteroatoms. The summed E-state index contributed by atoms with van der Waals surface area (Å²) in [6, 6.07) is 5.83. The second-order valence-electron chi connectivity index (χ2n) is 6.87. The number of hydrogen-bond donors (Lipinski definition) is 2. The van der Waals surface area contributed by atoms with Gasteiger partial charge in [0.15, 0.2) is 5.89 Å². The van der Waals surface area contributed by atoms with Gasteiger partial charge >= 0.3 is 0 Å². The normalized spacial score (nSPS) is 21.3. The Bertz CT molecular complexity index is 764. The van der Waals surface area contributed by atoms with Gasteiger partial charge in [0, 0.05) is 26.6 Å². The Hall–Kier alpha value is -2.25. The average molecular weight is 361 g/mol. The molecule has 6 nitrogen and oxygen atoms in total. The minimum absolute atomic E-state index is 0.00671. The number of nitrogens with one attached hydrogen (secondary N) is 1. The van der Waals surface area contributed by atoms with Crippen LogP contribution in [0.15, 0.2) is 34.9 Å². The van der Waals surface area contributed by atoms with Gasteiger partial charge in [-0.05, 0) is 37.9 Å². The van der Waals surface area contributed by atoms with Gasteiger partial charge in [0.25, 0.3) is 5.91 Å². The number of rotatable bonds is 5. The summed E-state index contributed by atoms with van der Waals surface area (Å²) < 4.78 is 18.9. The summed E-state index contributed by atoms with van der Waals surface area (Å²) in [5.74, 6) is -0.426. The minimum atomic E-state index is -0.991. The van der Waals surface area contributed by atoms with Crippen LogP contribution in [0.4, 0.5) is 4.39 Å². The Kier molecular flexibility index (Phi) is 5.68. The molecule has 140 valence electrons. The second kappa shape index (κ2) is 7.97. The van der Waals surface area contributed by atoms with Gasteiger partial charge < -0.3 is 14.8 Å². The fourth-order valence-corrected chi connectivity index (χ4v) is 3.26. The number of nitrogens with zero attached hydrogens (tertiary/aromatic N) is 2. The number of aliphatic hydroxyl groups is 1. The van der Waals surface area contributed by atoms with Gasteiger partial charge in [-0.25, -0.2) is 9.37 Å². The zero-order valence-corrected chi connectivity index (χ0v) is 14.9. The predicted octanol–water partition coefficient (Wildman–Crippen LogP) is 2.27. The Labute approximate surface area is 152 Å². The van der Waals surface area contributed by atoms with E-state index in [1.807, 2.05) is 6.92 Å². The predicted molar refractivity (Wildman–Crippen MR) is 94.1 cm³/mol. The first kappa shape index (κ1) is 18.5. The van der Waals surface area contributed by atoms with Crippen molar-refractivity contribution < 1.29 is 18.7 Å². The fourth-order valence-electron chi connectivity index (χ4n) is 3.26. The molecule has 1 aliphatic rings. The summed E-state index contributed by atoms with van der Waals surface area (Å²) in [6.07, 6.45) is 3.57. The lowest BCUT2D eigenvalue weighted by Gasteiger charge is -2.27. The number of aryl methyl sites for hydroxylation is 1. The summed E-state index contributed by atoms with van der Waals surface area (Å²) in [5, 5.41) is 13.5. The number of aromatic nitrogens is 1. The van der Waals surface area contributed by atoms with Crippen LogP contribution in [0.1, 0.15) is 41.2 Å². The topological polar surface area (TPSA) is 78.6 Å². The minimum Gasteiger partial charge on any atom is -0.449 e. The molecular formula is C19H24FN3O3. The lowest BCUT2D eigenvalue weighted by Crippen LogP contribution is -2.43. The molecule has 1 aliphatic heterocycles. The Morgan fingerprint density at radius 1 is 1.38 bits per heavy atom. The second-order valence-corrected chi connectivity index (χ2v) is 6.87. The van der Waals surface area contributed by atoms with E-state index in [1.165, 1.54) is 18.2 Å². The van der Waals surface area contributed by atoms with Gasteiger partial charge in [0.1, 0.15) is 12.1 Å². The molecule has 1 aromatic heterocycles. The molecule has 1 saturated heterocycles. The third-order valence-corrected chi connectivity index (χ3v) is 4.76. The summed E-state index contributed by atoms with van der Waals surface area (Å²) >= 11 is 0. The van der Waals surface area contributed by atoms with Crippen LogP contribution in [0.3, 0.4) is 0 Å². The molecule has 0 aliphatic carbocycles. The number of hydrogen-bond acceptors (Lipinski definition) is 5. The highest BCUT2D eigenvalue weighted by atomic mass is 19.1. The van der Waals surface area contributed by atoms with E-state index in [9.17, 15) is 14.3 Å². The quantitative estimate of drug-likeness (QED) is 0.854. The highest BCUT2D eigenvalue weighted by molar-refractivity contribution is 5.94. The summed E-state index contributed by atoms with van der Waals surface area (Å²) in [6.45, 7) is 4.13. The van der Waals surface area contributed by atoms with Crippen LogP contribution in [0, 0.1) is 12.7 Å². The van der Waals surface area contributed by atoms with E-state index in [-0.39, 0.29) is 12.1 Å². The fraction of sp³-hybridized carbons (Fsp3) is 0.474. The van der Waals surface area contributed by atoms with E-state index in [1.54, 1.807) is 12.3 Å². The van der Waals surface area contributed by atoms with Gasteiger partial charge in [-0.15, -0.1) is 0 Å². The van der Waals surface area contributed by atoms with Crippen molar-refractivity contribution in [1.82, 2.24) is 15.2 Å². The van der Waals surface area contributed by atoms with Crippen molar-refractivity contribution in [3.63, 3.8) is 0 Å². The first-order valence-electron chi connectivity index (χ1n) is 8.84. The Morgan fingerprint density at radius 2 is 2.19 bits per heavy atom. The standard InChI is InChI=1S/C19H24FN3O3/c1-14-22-15(12-26-14)11-23-9-4-7-19(25,8-10-23)13-21-18(24)16-5-2-3-6-17(16)20/h2-3,5-6,12,25H,4,7-11,13H2,1H3,(H,21,24). The Morgan fingerprint density at radius 3 is 2.92 bits per heavy atom. The summed E-state index contributed by atoms with van der Waals surface area (Å²) in [5.41, 5.74) is -0.122. The molecule has 3 rings (SSSR count). The number of carbonyl (C=O) groups excluding carboxylic acids is 1. The monoisotopic (exact) mass is 361 g/mol. The molecule has 1 fully saturated rings. The van der Waals surface area contributed by atoms with Gasteiger partial charge in [0.2, 0.25) is 0 Å². The van der Waals surface area contributed by atoms with Gasteiger partial charge in [-0.3, -0.25) is 9.69 Å². The molecule has 0 bridgehead atoms. The van der Waals surface area contributed by atoms with Crippen LogP contribution in [-0.4, -0.2) is 46.1 Å². The lowest BCUT2D eigenvalue weighted by atomic mass is 9.94. The van der Waals surface area contributed by atoms with Gasteiger partial charge in [-0.1, -0.05) is 12.1 Å². The molecule has 1 unspecified atom stereocenters. The van der Waals surface area contributed by atoms with E-state index in [0.29, 0.717) is 31.8 Å². The molecule has 26 heavy (non-hydrogen) atoms. The van der Waals surface area contributed by atoms with E-state index < -0.39 is 17.3 Å². The molecule has 2 N–H and O–H groups in total. The molecular weight excluding hydrogens is 337 g/mol. The zero-order chi connectivity index (χ0) is 18.6. The SMILES string of the molecule is Cc1nc(CN2CCCC(O)(CNC(=O)c3ccccc3F)CC2)co1. The molecule has 0 spiro atoms. The van der Waals surface area contributed by atoms with Gasteiger partial charge in [0.05, 0.1) is 16.9 Å². The highest BCUT2D eigenvalue weighted by Gasteiger charge is 2.31. The zero-order valence-electron chi connectivity index (χ0n) is 14.9. The number of carbonyl (C=O) groups is 1. The maximum Gasteiger partial charge on any atom is 0.254 e. The van der Waals surface area contributed by atoms with Crippen molar-refractivity contribution in [2.75, 3.05) is 19.6 Å². The smallest absolute Gasteiger partial charge is 0.254 e. The number of benzene rings is 1. The van der Waals surface area contributed by atoms with Crippen LogP contribution < -0.4 is 5.32 Å². The lowest BCUT2D eigenvalue weighted by molar-refractivity contribution is 0.0248. The maximum atomic E-state index is 13.7. The van der Waals surface area contributed by atoms with Crippen LogP contribution >= 0.6 is 0 Å². The van der Waals surface area contributed by atoms with Crippen molar-refractivity contribution in [1.29, 1.82) is 0 Å². The molecule has 1 amide bonds. The maximum absolute atomic E-state index is 13.7. The van der Waals surface area contributed by atoms with Crippen molar-refractivity contribution >= 4 is 5.91 Å². The largest absolute Gasteiger partial charge is 0.449 e. The number of amides is 1. The van der Waals surface area contributed by atoms with Crippen LogP contribution in [0.5, 0.6) is 0 Å². The van der Waals surface area contributed by atoms with E-state index >= 15 is 0 Å². The van der Waals surface area contributed by atoms with Gasteiger partial charge in [-0.2, -0.15) is 0 Å². The van der Waals surface area contributed by atoms with Crippen molar-refractivity contribution in [3.05, 3.63) is 53.5 Å². The van der Waals surface area contributed by atoms with Crippen LogP contribution in [0.2, 0.25) is 0 Å². The molecule has 2 aromatic rings. The van der Waals surface area contributed by atoms with Crippen molar-refractivity contribution in [3.8, 4) is 0 Å². The van der Waals surface area contributed by atoms with E-state index in [0.717, 1.165) is 18.7 Å². The average Bonchev–Trinajstić information content (AvgIpc) is 2.93. The molecule has 1 atom stereocenters. The van der Waals surface area contributed by atoms with E-state index in [2.05, 4.69) is 15.2 Å². The molecule has 0 radical (unpaired) electrons. The third kappa shape index (κ3) is 4.68. The summed E-state index contributed by atoms with van der Waals surface area (Å²) in [7, 11) is 0. The first-order valence-corrected chi connectivity index (χ1v) is 8.84.